The number of rotatable bonds is 34. The highest BCUT2D eigenvalue weighted by Crippen LogP contribution is 2.41. The second kappa shape index (κ2) is 33.5. The Kier molecular flexibility index (Phi) is 26.4. The molecule has 0 unspecified atom stereocenters. The Balaban J connectivity index is 1.38. The van der Waals surface area contributed by atoms with Crippen LogP contribution in [0.4, 0.5) is 8.78 Å². The van der Waals surface area contributed by atoms with Crippen LogP contribution in [0.2, 0.25) is 0 Å². The van der Waals surface area contributed by atoms with Gasteiger partial charge in [-0.25, -0.2) is 13.6 Å². The van der Waals surface area contributed by atoms with Gasteiger partial charge in [0.2, 0.25) is 53.2 Å². The van der Waals surface area contributed by atoms with Crippen molar-refractivity contribution in [3.63, 3.8) is 0 Å². The molecule has 1 aromatic heterocycles. The number of aromatic nitrogens is 1. The normalized spacial score (nSPS) is 14.9. The molecule has 6 atom stereocenters. The fourth-order valence-electron chi connectivity index (χ4n) is 9.72. The largest absolute Gasteiger partial charge is 0.481 e. The molecule has 2 aromatic carbocycles. The standard InChI is InChI=1S/C60H74F2N12O18/c1-33(66-45(77)12-9-13-53(86)92-74-49(81)19-20-50(74)82)55(87)67-34(2)56(88)70-42(28-44(63)76)59(91)69-41(58(90)65-24-23-64-57(89)40(16-21-52(84)85)68-46(78)31-73-47(79)17-18-48(73)80)22-25-72(51(83)32-75)54(60(3,4)5)43-26-36(38-27-37(61)14-15-39(38)62)30-71(43)29-35-10-7-6-8-11-35/h6-8,10-11,14-15,17-18,26-27,30,33-34,40-42,54,75H,9,12-13,16,19-25,28-29,31-32H2,1-5H3,(H2,63,76)(H,64,89)(H,65,90)(H,66,77)(H,67,87)(H,68,78)(H,69,91)(H,70,88)(H,84,85)/t33-,34-,40+,41-,42-,54-/m0/s1. The molecule has 0 spiro atoms. The number of amides is 13. The van der Waals surface area contributed by atoms with E-state index >= 15 is 4.39 Å². The predicted octanol–water partition coefficient (Wildman–Crippen LogP) is -1.08. The molecular weight excluding hydrogens is 1210 g/mol. The van der Waals surface area contributed by atoms with Crippen LogP contribution < -0.4 is 43.0 Å². The van der Waals surface area contributed by atoms with E-state index in [4.69, 9.17) is 10.6 Å². The van der Waals surface area contributed by atoms with E-state index in [1.54, 1.807) is 55.8 Å². The third-order valence-electron chi connectivity index (χ3n) is 14.3. The second-order valence-corrected chi connectivity index (χ2v) is 22.6. The van der Waals surface area contributed by atoms with Crippen molar-refractivity contribution in [2.75, 3.05) is 32.8 Å². The van der Waals surface area contributed by atoms with Gasteiger partial charge in [-0.2, -0.15) is 0 Å². The smallest absolute Gasteiger partial charge is 0.333 e. The van der Waals surface area contributed by atoms with Crippen LogP contribution in [0, 0.1) is 17.0 Å². The highest BCUT2D eigenvalue weighted by Gasteiger charge is 2.39. The third-order valence-corrected chi connectivity index (χ3v) is 14.3. The number of imide groups is 2. The summed E-state index contributed by atoms with van der Waals surface area (Å²) in [5.74, 6) is -15.8. The van der Waals surface area contributed by atoms with Crippen molar-refractivity contribution in [2.45, 2.75) is 135 Å². The van der Waals surface area contributed by atoms with Gasteiger partial charge < -0.3 is 67.5 Å². The van der Waals surface area contributed by atoms with Crippen LogP contribution in [0.3, 0.4) is 0 Å². The Labute approximate surface area is 525 Å². The molecule has 1 fully saturated rings. The van der Waals surface area contributed by atoms with Crippen LogP contribution in [0.25, 0.3) is 11.1 Å². The number of nitrogens with one attached hydrogen (secondary N) is 7. The van der Waals surface area contributed by atoms with Gasteiger partial charge in [-0.3, -0.25) is 72.0 Å². The molecule has 496 valence electrons. The molecule has 30 nitrogen and oxygen atoms in total. The van der Waals surface area contributed by atoms with Gasteiger partial charge in [0.05, 0.1) is 12.5 Å². The topological polar surface area (TPSA) is 431 Å². The number of hydroxylamine groups is 2. The van der Waals surface area contributed by atoms with Gasteiger partial charge in [-0.15, -0.1) is 5.06 Å². The predicted molar refractivity (Wildman–Crippen MR) is 316 cm³/mol. The molecule has 32 heteroatoms. The molecule has 5 rings (SSSR count). The molecule has 1 saturated heterocycles. The maximum atomic E-state index is 15.5. The van der Waals surface area contributed by atoms with Crippen molar-refractivity contribution < 1.29 is 95.7 Å². The van der Waals surface area contributed by atoms with Gasteiger partial charge >= 0.3 is 11.9 Å². The first kappa shape index (κ1) is 72.5. The Morgan fingerprint density at radius 3 is 1.87 bits per heavy atom. The van der Waals surface area contributed by atoms with E-state index in [-0.39, 0.29) is 49.8 Å². The summed E-state index contributed by atoms with van der Waals surface area (Å²) in [6.45, 7) is 4.55. The van der Waals surface area contributed by atoms with E-state index in [1.807, 2.05) is 12.1 Å². The number of carbonyl (C=O) groups excluding carboxylic acids is 14. The van der Waals surface area contributed by atoms with Gasteiger partial charge in [0.25, 0.3) is 23.6 Å². The van der Waals surface area contributed by atoms with Crippen LogP contribution in [-0.4, -0.2) is 181 Å². The van der Waals surface area contributed by atoms with E-state index in [0.29, 0.717) is 15.7 Å². The molecule has 3 aromatic rings. The molecule has 11 N–H and O–H groups in total. The van der Waals surface area contributed by atoms with Crippen molar-refractivity contribution in [1.82, 2.24) is 56.6 Å². The highest BCUT2D eigenvalue weighted by molar-refractivity contribution is 6.14. The Bertz CT molecular complexity index is 3320. The van der Waals surface area contributed by atoms with Gasteiger partial charge in [-0.1, -0.05) is 51.1 Å². The molecule has 3 heterocycles. The van der Waals surface area contributed by atoms with Crippen LogP contribution >= 0.6 is 0 Å². The molecule has 0 bridgehead atoms. The third kappa shape index (κ3) is 21.5. The number of benzene rings is 2. The zero-order valence-corrected chi connectivity index (χ0v) is 51.0. The lowest BCUT2D eigenvalue weighted by Crippen LogP contribution is -2.58. The summed E-state index contributed by atoms with van der Waals surface area (Å²) in [5.41, 5.74) is 5.73. The zero-order chi connectivity index (χ0) is 68.1. The Hall–Kier alpha value is -10.3. The summed E-state index contributed by atoms with van der Waals surface area (Å²) in [6.07, 6.45) is -0.140. The minimum absolute atomic E-state index is 0.113. The van der Waals surface area contributed by atoms with Crippen molar-refractivity contribution in [3.8, 4) is 11.1 Å². The number of carbonyl (C=O) groups is 15. The fourth-order valence-corrected chi connectivity index (χ4v) is 9.72. The summed E-state index contributed by atoms with van der Waals surface area (Å²) in [4.78, 5) is 199. The molecule has 92 heavy (non-hydrogen) atoms. The number of halogens is 2. The number of carboxylic acids is 1. The number of aliphatic hydroxyl groups is 1. The average Bonchev–Trinajstić information content (AvgIpc) is 1.60. The summed E-state index contributed by atoms with van der Waals surface area (Å²) in [6, 6.07) is 4.38. The van der Waals surface area contributed by atoms with Gasteiger partial charge in [0.1, 0.15) is 55.0 Å². The molecule has 0 saturated carbocycles. The first-order valence-corrected chi connectivity index (χ1v) is 29.1. The minimum Gasteiger partial charge on any atom is -0.481 e. The zero-order valence-electron chi connectivity index (χ0n) is 51.0. The fraction of sp³-hybridized carbons (Fsp3) is 0.450. The van der Waals surface area contributed by atoms with Gasteiger partial charge in [0.15, 0.2) is 0 Å². The van der Waals surface area contributed by atoms with Crippen molar-refractivity contribution in [1.29, 1.82) is 0 Å². The number of aliphatic carboxylic acids is 1. The monoisotopic (exact) mass is 1290 g/mol. The van der Waals surface area contributed by atoms with E-state index in [9.17, 15) is 86.5 Å². The lowest BCUT2D eigenvalue weighted by Gasteiger charge is -2.41. The SMILES string of the molecule is C[C@H](NC(=O)CCCC(=O)ON1C(=O)CCC1=O)C(=O)N[C@@H](C)C(=O)N[C@@H](CC(N)=O)C(=O)N[C@@H](CCN(C(=O)CO)[C@@H](c1cc(-c2cc(F)ccc2F)cn1Cc1ccccc1)C(C)(C)C)C(=O)NCCNC(=O)[C@@H](CCC(=O)O)NC(=O)CN1C(=O)C=CC1=O. The lowest BCUT2D eigenvalue weighted by molar-refractivity contribution is -0.197. The Morgan fingerprint density at radius 2 is 1.28 bits per heavy atom. The maximum absolute atomic E-state index is 15.5. The van der Waals surface area contributed by atoms with Crippen LogP contribution in [0.5, 0.6) is 0 Å². The van der Waals surface area contributed by atoms with E-state index in [0.717, 1.165) is 35.9 Å². The number of hydrogen-bond acceptors (Lipinski definition) is 17. The summed E-state index contributed by atoms with van der Waals surface area (Å²) >= 11 is 0. The summed E-state index contributed by atoms with van der Waals surface area (Å²) in [7, 11) is 0. The summed E-state index contributed by atoms with van der Waals surface area (Å²) < 4.78 is 31.9. The molecule has 0 aliphatic carbocycles. The first-order chi connectivity index (χ1) is 43.4. The molecule has 13 amide bonds. The maximum Gasteiger partial charge on any atom is 0.333 e. The number of hydrogen-bond donors (Lipinski definition) is 10. The highest BCUT2D eigenvalue weighted by atomic mass is 19.1. The van der Waals surface area contributed by atoms with Crippen molar-refractivity contribution in [2.24, 2.45) is 11.1 Å². The van der Waals surface area contributed by atoms with E-state index < -0.39 is 201 Å². The molecule has 2 aliphatic rings. The van der Waals surface area contributed by atoms with Crippen LogP contribution in [-0.2, 0) is 83.3 Å². The number of carboxylic acid groups (broad SMARTS) is 1. The molecule has 0 radical (unpaired) electrons. The molecular formula is C60H74F2N12O18. The van der Waals surface area contributed by atoms with Crippen LogP contribution in [0.1, 0.15) is 110 Å². The average molecular weight is 1290 g/mol. The number of primary amides is 1. The van der Waals surface area contributed by atoms with Crippen molar-refractivity contribution >= 4 is 88.7 Å². The van der Waals surface area contributed by atoms with Crippen molar-refractivity contribution in [3.05, 3.63) is 95.8 Å². The van der Waals surface area contributed by atoms with E-state index in [1.165, 1.54) is 18.7 Å². The quantitative estimate of drug-likeness (QED) is 0.0251. The number of aliphatic hydroxyl groups excluding tert-OH is 1. The van der Waals surface area contributed by atoms with Crippen LogP contribution in [0.15, 0.2) is 72.9 Å². The lowest BCUT2D eigenvalue weighted by atomic mass is 9.82. The van der Waals surface area contributed by atoms with E-state index in [2.05, 4.69) is 37.2 Å². The number of nitrogens with two attached hydrogens (primary N) is 1. The summed E-state index contributed by atoms with van der Waals surface area (Å²) in [5, 5.41) is 37.0. The first-order valence-electron chi connectivity index (χ1n) is 29.1. The number of nitrogens with zero attached hydrogens (tertiary/aromatic N) is 4. The minimum atomic E-state index is -1.88. The van der Waals surface area contributed by atoms with Gasteiger partial charge in [0, 0.05) is 93.5 Å². The molecule has 2 aliphatic heterocycles. The van der Waals surface area contributed by atoms with Gasteiger partial charge in [-0.05, 0) is 68.4 Å². The second-order valence-electron chi connectivity index (χ2n) is 22.6. The Morgan fingerprint density at radius 1 is 0.696 bits per heavy atom.